The first-order chi connectivity index (χ1) is 19.5. The first-order valence-corrected chi connectivity index (χ1v) is 15.2. The third-order valence-electron chi connectivity index (χ3n) is 9.41. The van der Waals surface area contributed by atoms with Gasteiger partial charge in [-0.3, -0.25) is 9.69 Å². The smallest absolute Gasteiger partial charge is 0.249 e. The van der Waals surface area contributed by atoms with E-state index in [1.807, 2.05) is 32.7 Å². The molecular formula is C31H44N8O. The number of carbonyl (C=O) groups excluding carboxylic acids is 1. The van der Waals surface area contributed by atoms with Gasteiger partial charge in [-0.2, -0.15) is 0 Å². The summed E-state index contributed by atoms with van der Waals surface area (Å²) in [6.45, 7) is 6.76. The number of pyridine rings is 1. The number of nitrogens with one attached hydrogen (secondary N) is 1. The van der Waals surface area contributed by atoms with E-state index in [-0.39, 0.29) is 5.91 Å². The molecule has 9 nitrogen and oxygen atoms in total. The van der Waals surface area contributed by atoms with Crippen molar-refractivity contribution in [3.8, 4) is 0 Å². The van der Waals surface area contributed by atoms with E-state index in [0.29, 0.717) is 17.8 Å². The van der Waals surface area contributed by atoms with Crippen molar-refractivity contribution >= 4 is 28.9 Å². The minimum absolute atomic E-state index is 0.146. The standard InChI is InChI=1S/C31H44N8O/c1-36(2)31(40)25-9-8-23-19-32-27(18-26(23)30(25)22-6-4-5-7-22)35-28-20-34-29(21-33-28)39-12-10-24(11-13-39)38-16-14-37(3)15-17-38/h18-22,24H,4-17H2,1-3H3,(H,32,33,35). The monoisotopic (exact) mass is 544 g/mol. The fraction of sp³-hybridized carbons (Fsp3) is 0.613. The van der Waals surface area contributed by atoms with Gasteiger partial charge in [0.05, 0.1) is 12.4 Å². The Bertz CT molecular complexity index is 1220. The molecular weight excluding hydrogens is 500 g/mol. The number of allylic oxidation sites excluding steroid dienone is 1. The number of hydrogen-bond donors (Lipinski definition) is 1. The number of hydrogen-bond acceptors (Lipinski definition) is 8. The molecule has 6 rings (SSSR count). The lowest BCUT2D eigenvalue weighted by Crippen LogP contribution is -2.52. The van der Waals surface area contributed by atoms with Crippen LogP contribution in [0.4, 0.5) is 17.5 Å². The van der Waals surface area contributed by atoms with Gasteiger partial charge >= 0.3 is 0 Å². The Morgan fingerprint density at radius 1 is 0.875 bits per heavy atom. The van der Waals surface area contributed by atoms with Crippen LogP contribution in [0.5, 0.6) is 0 Å². The number of aryl methyl sites for hydroxylation is 1. The van der Waals surface area contributed by atoms with Gasteiger partial charge in [0.25, 0.3) is 0 Å². The average molecular weight is 545 g/mol. The second-order valence-electron chi connectivity index (χ2n) is 12.2. The van der Waals surface area contributed by atoms with Gasteiger partial charge in [0, 0.05) is 71.2 Å². The topological polar surface area (TPSA) is 80.7 Å². The van der Waals surface area contributed by atoms with E-state index in [2.05, 4.69) is 33.1 Å². The van der Waals surface area contributed by atoms with Crippen LogP contribution in [0.1, 0.15) is 56.1 Å². The summed E-state index contributed by atoms with van der Waals surface area (Å²) in [6.07, 6.45) is 14.5. The summed E-state index contributed by atoms with van der Waals surface area (Å²) >= 11 is 0. The maximum Gasteiger partial charge on any atom is 0.249 e. The minimum atomic E-state index is 0.146. The van der Waals surface area contributed by atoms with Crippen LogP contribution in [0, 0.1) is 5.92 Å². The molecule has 4 aliphatic rings. The molecule has 0 spiro atoms. The molecule has 0 aromatic carbocycles. The number of piperazine rings is 1. The zero-order valence-corrected chi connectivity index (χ0v) is 24.4. The van der Waals surface area contributed by atoms with Crippen LogP contribution in [0.3, 0.4) is 0 Å². The number of fused-ring (bicyclic) bond motifs is 1. The quantitative estimate of drug-likeness (QED) is 0.588. The molecule has 2 aromatic heterocycles. The number of piperidine rings is 1. The molecule has 1 amide bonds. The summed E-state index contributed by atoms with van der Waals surface area (Å²) in [7, 11) is 5.93. The highest BCUT2D eigenvalue weighted by molar-refractivity contribution is 6.02. The molecule has 2 saturated heterocycles. The zero-order valence-electron chi connectivity index (χ0n) is 24.4. The van der Waals surface area contributed by atoms with Crippen LogP contribution < -0.4 is 10.2 Å². The summed E-state index contributed by atoms with van der Waals surface area (Å²) in [6, 6.07) is 2.81. The van der Waals surface area contributed by atoms with E-state index < -0.39 is 0 Å². The summed E-state index contributed by atoms with van der Waals surface area (Å²) < 4.78 is 0. The number of nitrogens with zero attached hydrogens (tertiary/aromatic N) is 7. The van der Waals surface area contributed by atoms with Gasteiger partial charge in [0.2, 0.25) is 5.91 Å². The van der Waals surface area contributed by atoms with Crippen molar-refractivity contribution in [2.24, 2.45) is 5.92 Å². The molecule has 1 saturated carbocycles. The van der Waals surface area contributed by atoms with E-state index in [4.69, 9.17) is 15.0 Å². The Labute approximate surface area is 238 Å². The second-order valence-corrected chi connectivity index (χ2v) is 12.2. The molecule has 3 fully saturated rings. The van der Waals surface area contributed by atoms with Gasteiger partial charge in [-0.15, -0.1) is 0 Å². The normalized spacial score (nSPS) is 21.5. The van der Waals surface area contributed by atoms with Crippen molar-refractivity contribution in [3.63, 3.8) is 0 Å². The third-order valence-corrected chi connectivity index (χ3v) is 9.41. The molecule has 214 valence electrons. The van der Waals surface area contributed by atoms with E-state index in [9.17, 15) is 4.79 Å². The Hall–Kier alpha value is -3.04. The van der Waals surface area contributed by atoms with E-state index in [1.54, 1.807) is 4.90 Å². The molecule has 0 bridgehead atoms. The fourth-order valence-corrected chi connectivity index (χ4v) is 7.06. The van der Waals surface area contributed by atoms with Gasteiger partial charge in [0.1, 0.15) is 17.5 Å². The SMILES string of the molecule is CN1CCN(C2CCN(c3cnc(Nc4cc5c(cn4)CCC(C(=O)N(C)C)=C5C4CCCC4)cn3)CC2)CC1. The van der Waals surface area contributed by atoms with Crippen molar-refractivity contribution in [2.45, 2.75) is 57.4 Å². The highest BCUT2D eigenvalue weighted by Gasteiger charge is 2.32. The molecule has 0 radical (unpaired) electrons. The molecule has 2 aliphatic heterocycles. The van der Waals surface area contributed by atoms with Gasteiger partial charge in [-0.1, -0.05) is 12.8 Å². The summed E-state index contributed by atoms with van der Waals surface area (Å²) in [5, 5.41) is 3.38. The number of amides is 1. The highest BCUT2D eigenvalue weighted by atomic mass is 16.2. The van der Waals surface area contributed by atoms with Crippen molar-refractivity contribution in [1.29, 1.82) is 0 Å². The van der Waals surface area contributed by atoms with Crippen molar-refractivity contribution in [1.82, 2.24) is 29.7 Å². The Morgan fingerprint density at radius 3 is 2.27 bits per heavy atom. The van der Waals surface area contributed by atoms with Gasteiger partial charge in [-0.05, 0) is 74.3 Å². The first kappa shape index (κ1) is 27.1. The van der Waals surface area contributed by atoms with Crippen molar-refractivity contribution in [2.75, 3.05) is 70.6 Å². The van der Waals surface area contributed by atoms with Crippen LogP contribution >= 0.6 is 0 Å². The second kappa shape index (κ2) is 11.8. The average Bonchev–Trinajstić information content (AvgIpc) is 3.52. The Morgan fingerprint density at radius 2 is 1.60 bits per heavy atom. The molecule has 0 unspecified atom stereocenters. The third kappa shape index (κ3) is 5.72. The van der Waals surface area contributed by atoms with Crippen molar-refractivity contribution in [3.05, 3.63) is 41.4 Å². The van der Waals surface area contributed by atoms with Crippen LogP contribution in [0.15, 0.2) is 30.2 Å². The number of anilines is 3. The van der Waals surface area contributed by atoms with Crippen LogP contribution in [-0.2, 0) is 11.2 Å². The predicted molar refractivity (Wildman–Crippen MR) is 160 cm³/mol. The molecule has 1 N–H and O–H groups in total. The van der Waals surface area contributed by atoms with Crippen LogP contribution in [0.25, 0.3) is 5.57 Å². The Kier molecular flexibility index (Phi) is 8.03. The summed E-state index contributed by atoms with van der Waals surface area (Å²) in [5.41, 5.74) is 4.67. The van der Waals surface area contributed by atoms with Crippen LogP contribution in [-0.4, -0.2) is 102 Å². The summed E-state index contributed by atoms with van der Waals surface area (Å²) in [4.78, 5) is 36.5. The molecule has 2 aliphatic carbocycles. The number of aromatic nitrogens is 3. The van der Waals surface area contributed by atoms with Crippen LogP contribution in [0.2, 0.25) is 0 Å². The lowest BCUT2D eigenvalue weighted by Gasteiger charge is -2.42. The molecule has 9 heteroatoms. The maximum absolute atomic E-state index is 13.1. The van der Waals surface area contributed by atoms with E-state index in [0.717, 1.165) is 56.0 Å². The number of rotatable bonds is 6. The highest BCUT2D eigenvalue weighted by Crippen LogP contribution is 2.44. The van der Waals surface area contributed by atoms with E-state index in [1.165, 1.54) is 68.6 Å². The maximum atomic E-state index is 13.1. The number of likely N-dealkylation sites (N-methyl/N-ethyl adjacent to an activating group) is 2. The summed E-state index contributed by atoms with van der Waals surface area (Å²) in [5.74, 6) is 2.98. The van der Waals surface area contributed by atoms with Gasteiger partial charge in [-0.25, -0.2) is 15.0 Å². The molecule has 4 heterocycles. The van der Waals surface area contributed by atoms with Gasteiger partial charge in [0.15, 0.2) is 0 Å². The lowest BCUT2D eigenvalue weighted by atomic mass is 9.79. The minimum Gasteiger partial charge on any atom is -0.355 e. The molecule has 0 atom stereocenters. The zero-order chi connectivity index (χ0) is 27.6. The van der Waals surface area contributed by atoms with Crippen molar-refractivity contribution < 1.29 is 4.79 Å². The first-order valence-electron chi connectivity index (χ1n) is 15.2. The lowest BCUT2D eigenvalue weighted by molar-refractivity contribution is -0.124. The van der Waals surface area contributed by atoms with E-state index >= 15 is 0 Å². The molecule has 2 aromatic rings. The molecule has 40 heavy (non-hydrogen) atoms. The largest absolute Gasteiger partial charge is 0.355 e. The predicted octanol–water partition coefficient (Wildman–Crippen LogP) is 3.81. The van der Waals surface area contributed by atoms with Gasteiger partial charge < -0.3 is 20.0 Å². The Balaban J connectivity index is 1.14. The fourth-order valence-electron chi connectivity index (χ4n) is 7.06. The number of carbonyl (C=O) groups is 1.